The maximum Gasteiger partial charge on any atom is 0.211 e. The first-order valence-corrected chi connectivity index (χ1v) is 6.16. The molecule has 0 spiro atoms. The number of hydrogen-bond acceptors (Lipinski definition) is 4. The van der Waals surface area contributed by atoms with Crippen LogP contribution in [0.5, 0.6) is 23.0 Å². The van der Waals surface area contributed by atoms with Crippen molar-refractivity contribution < 1.29 is 14.2 Å². The van der Waals surface area contributed by atoms with E-state index in [1.54, 1.807) is 36.4 Å². The van der Waals surface area contributed by atoms with Crippen LogP contribution in [-0.2, 0) is 0 Å². The van der Waals surface area contributed by atoms with E-state index in [-0.39, 0.29) is 0 Å². The van der Waals surface area contributed by atoms with Gasteiger partial charge in [-0.15, -0.1) is 0 Å². The molecule has 0 saturated heterocycles. The highest BCUT2D eigenvalue weighted by Crippen LogP contribution is 2.41. The molecule has 5 heteroatoms. The molecule has 0 heterocycles. The fourth-order valence-electron chi connectivity index (χ4n) is 1.70. The van der Waals surface area contributed by atoms with E-state index in [9.17, 15) is 0 Å². The lowest BCUT2D eigenvalue weighted by Crippen LogP contribution is -1.95. The van der Waals surface area contributed by atoms with Gasteiger partial charge in [0.1, 0.15) is 11.8 Å². The molecule has 0 atom stereocenters. The molecule has 0 aliphatic carbocycles. The van der Waals surface area contributed by atoms with Crippen molar-refractivity contribution in [2.75, 3.05) is 14.2 Å². The number of nitrogens with zero attached hydrogens (tertiary/aromatic N) is 1. The number of methoxy groups -OCH3 is 2. The maximum atomic E-state index is 9.10. The summed E-state index contributed by atoms with van der Waals surface area (Å²) in [4.78, 5) is 0. The van der Waals surface area contributed by atoms with Crippen LogP contribution in [0.4, 0.5) is 0 Å². The third kappa shape index (κ3) is 2.79. The van der Waals surface area contributed by atoms with E-state index in [4.69, 9.17) is 31.1 Å². The first-order valence-electron chi connectivity index (χ1n) is 5.78. The number of rotatable bonds is 4. The van der Waals surface area contributed by atoms with E-state index >= 15 is 0 Å². The van der Waals surface area contributed by atoms with Crippen LogP contribution < -0.4 is 14.2 Å². The summed E-state index contributed by atoms with van der Waals surface area (Å²) in [6, 6.07) is 12.1. The van der Waals surface area contributed by atoms with Gasteiger partial charge in [-0.25, -0.2) is 0 Å². The quantitative estimate of drug-likeness (QED) is 0.853. The number of nitriles is 1. The monoisotopic (exact) mass is 289 g/mol. The summed E-state index contributed by atoms with van der Waals surface area (Å²) in [7, 11) is 3.07. The second-order valence-corrected chi connectivity index (χ2v) is 4.28. The Bertz CT molecular complexity index is 642. The molecule has 0 aliphatic heterocycles. The third-order valence-electron chi connectivity index (χ3n) is 2.66. The van der Waals surface area contributed by atoms with Crippen molar-refractivity contribution in [3.63, 3.8) is 0 Å². The van der Waals surface area contributed by atoms with E-state index in [0.29, 0.717) is 33.6 Å². The van der Waals surface area contributed by atoms with E-state index in [1.807, 2.05) is 0 Å². The van der Waals surface area contributed by atoms with Crippen LogP contribution in [0.15, 0.2) is 36.4 Å². The molecule has 0 aromatic heterocycles. The fourth-order valence-corrected chi connectivity index (χ4v) is 1.86. The fraction of sp³-hybridized carbons (Fsp3) is 0.133. The van der Waals surface area contributed by atoms with Crippen molar-refractivity contribution in [3.8, 4) is 29.1 Å². The standard InChI is InChI=1S/C15H12ClNO3/c1-18-12-4-3-5-13(19-2)15(12)20-14-8-11(16)7-6-10(14)9-17/h3-8H,1-2H3. The Morgan fingerprint density at radius 1 is 1.00 bits per heavy atom. The van der Waals surface area contributed by atoms with Gasteiger partial charge < -0.3 is 14.2 Å². The average molecular weight is 290 g/mol. The molecule has 0 aliphatic rings. The highest BCUT2D eigenvalue weighted by molar-refractivity contribution is 6.30. The Hall–Kier alpha value is -2.38. The minimum absolute atomic E-state index is 0.350. The molecule has 2 aromatic rings. The summed E-state index contributed by atoms with van der Waals surface area (Å²) in [5.41, 5.74) is 0.377. The molecular weight excluding hydrogens is 278 g/mol. The predicted molar refractivity (Wildman–Crippen MR) is 75.8 cm³/mol. The lowest BCUT2D eigenvalue weighted by atomic mass is 10.2. The zero-order chi connectivity index (χ0) is 14.5. The first-order chi connectivity index (χ1) is 9.69. The van der Waals surface area contributed by atoms with Gasteiger partial charge in [-0.2, -0.15) is 5.26 Å². The van der Waals surface area contributed by atoms with Crippen molar-refractivity contribution in [1.29, 1.82) is 5.26 Å². The smallest absolute Gasteiger partial charge is 0.211 e. The van der Waals surface area contributed by atoms with Crippen molar-refractivity contribution in [3.05, 3.63) is 47.0 Å². The van der Waals surface area contributed by atoms with Gasteiger partial charge in [0, 0.05) is 11.1 Å². The minimum atomic E-state index is 0.350. The topological polar surface area (TPSA) is 51.5 Å². The van der Waals surface area contributed by atoms with Crippen molar-refractivity contribution in [1.82, 2.24) is 0 Å². The molecular formula is C15H12ClNO3. The van der Waals surface area contributed by atoms with E-state index < -0.39 is 0 Å². The molecule has 20 heavy (non-hydrogen) atoms. The van der Waals surface area contributed by atoms with Crippen LogP contribution >= 0.6 is 11.6 Å². The van der Waals surface area contributed by atoms with Gasteiger partial charge in [0.15, 0.2) is 11.5 Å². The van der Waals surface area contributed by atoms with Crippen LogP contribution in [0.2, 0.25) is 5.02 Å². The van der Waals surface area contributed by atoms with Crippen molar-refractivity contribution in [2.24, 2.45) is 0 Å². The average Bonchev–Trinajstić information content (AvgIpc) is 2.47. The van der Waals surface area contributed by atoms with Gasteiger partial charge in [-0.05, 0) is 24.3 Å². The van der Waals surface area contributed by atoms with Crippen LogP contribution in [-0.4, -0.2) is 14.2 Å². The highest BCUT2D eigenvalue weighted by Gasteiger charge is 2.14. The second-order valence-electron chi connectivity index (χ2n) is 3.85. The summed E-state index contributed by atoms with van der Waals surface area (Å²) in [6.07, 6.45) is 0. The molecule has 0 radical (unpaired) electrons. The molecule has 0 fully saturated rings. The largest absolute Gasteiger partial charge is 0.493 e. The molecule has 2 rings (SSSR count). The number of halogens is 1. The number of benzene rings is 2. The molecule has 0 unspecified atom stereocenters. The molecule has 0 N–H and O–H groups in total. The van der Waals surface area contributed by atoms with Gasteiger partial charge in [0.2, 0.25) is 5.75 Å². The number of ether oxygens (including phenoxy) is 3. The second kappa shape index (κ2) is 6.18. The summed E-state index contributed by atoms with van der Waals surface area (Å²) < 4.78 is 16.3. The molecule has 0 bridgehead atoms. The van der Waals surface area contributed by atoms with E-state index in [2.05, 4.69) is 6.07 Å². The molecule has 0 saturated carbocycles. The Labute approximate surface area is 122 Å². The Kier molecular flexibility index (Phi) is 4.34. The van der Waals surface area contributed by atoms with Crippen LogP contribution in [0, 0.1) is 11.3 Å². The van der Waals surface area contributed by atoms with Gasteiger partial charge in [-0.1, -0.05) is 17.7 Å². The van der Waals surface area contributed by atoms with Gasteiger partial charge in [0.25, 0.3) is 0 Å². The maximum absolute atomic E-state index is 9.10. The third-order valence-corrected chi connectivity index (χ3v) is 2.89. The molecule has 102 valence electrons. The SMILES string of the molecule is COc1cccc(OC)c1Oc1cc(Cl)ccc1C#N. The lowest BCUT2D eigenvalue weighted by Gasteiger charge is -2.14. The first kappa shape index (κ1) is 14.0. The zero-order valence-electron chi connectivity index (χ0n) is 11.0. The summed E-state index contributed by atoms with van der Waals surface area (Å²) >= 11 is 5.94. The van der Waals surface area contributed by atoms with Crippen LogP contribution in [0.25, 0.3) is 0 Å². The van der Waals surface area contributed by atoms with Crippen LogP contribution in [0.1, 0.15) is 5.56 Å². The Morgan fingerprint density at radius 2 is 1.65 bits per heavy atom. The summed E-state index contributed by atoms with van der Waals surface area (Å²) in [5, 5.41) is 9.58. The Balaban J connectivity index is 2.50. The summed E-state index contributed by atoms with van der Waals surface area (Å²) in [5.74, 6) is 1.76. The minimum Gasteiger partial charge on any atom is -0.493 e. The van der Waals surface area contributed by atoms with Crippen LogP contribution in [0.3, 0.4) is 0 Å². The number of hydrogen-bond donors (Lipinski definition) is 0. The van der Waals surface area contributed by atoms with Crippen molar-refractivity contribution in [2.45, 2.75) is 0 Å². The zero-order valence-corrected chi connectivity index (χ0v) is 11.8. The number of para-hydroxylation sites is 1. The highest BCUT2D eigenvalue weighted by atomic mass is 35.5. The predicted octanol–water partition coefficient (Wildman–Crippen LogP) is 4.02. The van der Waals surface area contributed by atoms with E-state index in [1.165, 1.54) is 14.2 Å². The normalized spacial score (nSPS) is 9.70. The van der Waals surface area contributed by atoms with Gasteiger partial charge in [0.05, 0.1) is 19.8 Å². The Morgan fingerprint density at radius 3 is 2.20 bits per heavy atom. The molecule has 0 amide bonds. The molecule has 2 aromatic carbocycles. The summed E-state index contributed by atoms with van der Waals surface area (Å²) in [6.45, 7) is 0. The van der Waals surface area contributed by atoms with E-state index in [0.717, 1.165) is 0 Å². The van der Waals surface area contributed by atoms with Gasteiger partial charge >= 0.3 is 0 Å². The molecule has 4 nitrogen and oxygen atoms in total. The van der Waals surface area contributed by atoms with Crippen molar-refractivity contribution >= 4 is 11.6 Å². The van der Waals surface area contributed by atoms with Gasteiger partial charge in [-0.3, -0.25) is 0 Å². The lowest BCUT2D eigenvalue weighted by molar-refractivity contribution is 0.346.